The molecule has 1 amide bonds. The Labute approximate surface area is 121 Å². The second-order valence-corrected chi connectivity index (χ2v) is 5.36. The van der Waals surface area contributed by atoms with Gasteiger partial charge < -0.3 is 10.0 Å². The molecule has 0 spiro atoms. The van der Waals surface area contributed by atoms with E-state index in [0.29, 0.717) is 23.1 Å². The maximum Gasteiger partial charge on any atom is 0.308 e. The van der Waals surface area contributed by atoms with Crippen LogP contribution in [-0.4, -0.2) is 44.9 Å². The molecule has 0 unspecified atom stereocenters. The summed E-state index contributed by atoms with van der Waals surface area (Å²) in [5.41, 5.74) is 1.68. The van der Waals surface area contributed by atoms with Crippen molar-refractivity contribution in [3.05, 3.63) is 36.2 Å². The molecule has 0 radical (unpaired) electrons. The fraction of sp³-hybridized carbons (Fsp3) is 0.333. The molecule has 1 aromatic carbocycles. The number of benzene rings is 1. The number of carboxylic acids is 1. The fourth-order valence-electron chi connectivity index (χ4n) is 2.79. The number of amides is 1. The van der Waals surface area contributed by atoms with Gasteiger partial charge in [0.05, 0.1) is 17.0 Å². The van der Waals surface area contributed by atoms with Crippen LogP contribution in [0.2, 0.25) is 0 Å². The summed E-state index contributed by atoms with van der Waals surface area (Å²) >= 11 is 0. The van der Waals surface area contributed by atoms with Gasteiger partial charge in [0, 0.05) is 25.5 Å². The van der Waals surface area contributed by atoms with Gasteiger partial charge in [0.1, 0.15) is 5.52 Å². The van der Waals surface area contributed by atoms with Crippen LogP contribution in [0, 0.1) is 11.8 Å². The molecular formula is C15H15N3O3. The highest BCUT2D eigenvalue weighted by molar-refractivity contribution is 6.04. The molecule has 2 atom stereocenters. The maximum absolute atomic E-state index is 12.6. The molecule has 1 saturated heterocycles. The van der Waals surface area contributed by atoms with Gasteiger partial charge in [-0.15, -0.1) is 0 Å². The molecule has 0 aliphatic carbocycles. The zero-order valence-electron chi connectivity index (χ0n) is 11.6. The standard InChI is InChI=1S/C15H15N3O3/c1-9-7-18(8-11(9)15(20)21)14(19)10-3-2-4-12-13(10)17-6-5-16-12/h2-6,9,11H,7-8H2,1H3,(H,20,21)/t9-,11-/m1/s1. The molecule has 3 rings (SSSR count). The molecule has 0 saturated carbocycles. The average Bonchev–Trinajstić information content (AvgIpc) is 2.88. The first-order valence-corrected chi connectivity index (χ1v) is 6.79. The molecule has 1 aliphatic rings. The Hall–Kier alpha value is -2.50. The van der Waals surface area contributed by atoms with Gasteiger partial charge in [-0.1, -0.05) is 13.0 Å². The second kappa shape index (κ2) is 5.12. The molecule has 2 aromatic rings. The molecule has 1 aliphatic heterocycles. The minimum atomic E-state index is -0.851. The van der Waals surface area contributed by atoms with E-state index >= 15 is 0 Å². The summed E-state index contributed by atoms with van der Waals surface area (Å²) in [5.74, 6) is -1.59. The molecule has 108 valence electrons. The predicted octanol–water partition coefficient (Wildman–Crippen LogP) is 1.42. The first-order valence-electron chi connectivity index (χ1n) is 6.79. The van der Waals surface area contributed by atoms with Crippen LogP contribution in [0.15, 0.2) is 30.6 Å². The number of hydrogen-bond donors (Lipinski definition) is 1. The Morgan fingerprint density at radius 1 is 1.24 bits per heavy atom. The Bertz CT molecular complexity index is 711. The molecule has 2 heterocycles. The number of nitrogens with zero attached hydrogens (tertiary/aromatic N) is 3. The van der Waals surface area contributed by atoms with Gasteiger partial charge in [-0.2, -0.15) is 0 Å². The maximum atomic E-state index is 12.6. The van der Waals surface area contributed by atoms with Crippen LogP contribution < -0.4 is 0 Å². The van der Waals surface area contributed by atoms with Crippen molar-refractivity contribution < 1.29 is 14.7 Å². The summed E-state index contributed by atoms with van der Waals surface area (Å²) < 4.78 is 0. The van der Waals surface area contributed by atoms with Crippen molar-refractivity contribution in [2.45, 2.75) is 6.92 Å². The van der Waals surface area contributed by atoms with E-state index < -0.39 is 11.9 Å². The van der Waals surface area contributed by atoms with Crippen LogP contribution in [0.4, 0.5) is 0 Å². The minimum Gasteiger partial charge on any atom is -0.481 e. The van der Waals surface area contributed by atoms with Crippen molar-refractivity contribution in [3.63, 3.8) is 0 Å². The SMILES string of the molecule is C[C@@H]1CN(C(=O)c2cccc3nccnc23)C[C@H]1C(=O)O. The first-order chi connectivity index (χ1) is 10.1. The van der Waals surface area contributed by atoms with Gasteiger partial charge in [0.2, 0.25) is 0 Å². The normalized spacial score (nSPS) is 21.7. The van der Waals surface area contributed by atoms with Crippen LogP contribution in [0.3, 0.4) is 0 Å². The number of hydrogen-bond acceptors (Lipinski definition) is 4. The molecule has 1 fully saturated rings. The zero-order chi connectivity index (χ0) is 15.0. The predicted molar refractivity (Wildman–Crippen MR) is 75.7 cm³/mol. The lowest BCUT2D eigenvalue weighted by atomic mass is 9.99. The lowest BCUT2D eigenvalue weighted by Gasteiger charge is -2.16. The van der Waals surface area contributed by atoms with Crippen molar-refractivity contribution in [1.29, 1.82) is 0 Å². The summed E-state index contributed by atoms with van der Waals surface area (Å²) in [7, 11) is 0. The van der Waals surface area contributed by atoms with Crippen molar-refractivity contribution in [2.75, 3.05) is 13.1 Å². The number of rotatable bonds is 2. The van der Waals surface area contributed by atoms with E-state index in [1.54, 1.807) is 35.5 Å². The van der Waals surface area contributed by atoms with Gasteiger partial charge >= 0.3 is 5.97 Å². The summed E-state index contributed by atoms with van der Waals surface area (Å²) in [6, 6.07) is 5.27. The highest BCUT2D eigenvalue weighted by Gasteiger charge is 2.37. The number of para-hydroxylation sites is 1. The fourth-order valence-corrected chi connectivity index (χ4v) is 2.79. The highest BCUT2D eigenvalue weighted by atomic mass is 16.4. The smallest absolute Gasteiger partial charge is 0.308 e. The van der Waals surface area contributed by atoms with Crippen LogP contribution in [-0.2, 0) is 4.79 Å². The van der Waals surface area contributed by atoms with Gasteiger partial charge in [-0.25, -0.2) is 0 Å². The van der Waals surface area contributed by atoms with Crippen molar-refractivity contribution >= 4 is 22.9 Å². The Balaban J connectivity index is 1.93. The Morgan fingerprint density at radius 3 is 2.71 bits per heavy atom. The van der Waals surface area contributed by atoms with Gasteiger partial charge in [0.15, 0.2) is 0 Å². The van der Waals surface area contributed by atoms with Crippen LogP contribution >= 0.6 is 0 Å². The van der Waals surface area contributed by atoms with Crippen LogP contribution in [0.25, 0.3) is 11.0 Å². The Kier molecular flexibility index (Phi) is 3.29. The molecule has 6 nitrogen and oxygen atoms in total. The topological polar surface area (TPSA) is 83.4 Å². The van der Waals surface area contributed by atoms with E-state index in [1.165, 1.54) is 0 Å². The highest BCUT2D eigenvalue weighted by Crippen LogP contribution is 2.26. The zero-order valence-corrected chi connectivity index (χ0v) is 11.6. The molecule has 1 aromatic heterocycles. The van der Waals surface area contributed by atoms with Crippen molar-refractivity contribution in [2.24, 2.45) is 11.8 Å². The number of aromatic nitrogens is 2. The van der Waals surface area contributed by atoms with Crippen molar-refractivity contribution in [3.8, 4) is 0 Å². The average molecular weight is 285 g/mol. The van der Waals surface area contributed by atoms with E-state index in [9.17, 15) is 9.59 Å². The third-order valence-corrected chi connectivity index (χ3v) is 3.95. The summed E-state index contributed by atoms with van der Waals surface area (Å²) in [5, 5.41) is 9.17. The third kappa shape index (κ3) is 2.33. The molecule has 6 heteroatoms. The van der Waals surface area contributed by atoms with E-state index in [2.05, 4.69) is 9.97 Å². The van der Waals surface area contributed by atoms with E-state index in [-0.39, 0.29) is 18.4 Å². The lowest BCUT2D eigenvalue weighted by molar-refractivity contribution is -0.142. The van der Waals surface area contributed by atoms with Crippen molar-refractivity contribution in [1.82, 2.24) is 14.9 Å². The summed E-state index contributed by atoms with van der Waals surface area (Å²) in [6.45, 7) is 2.55. The molecule has 21 heavy (non-hydrogen) atoms. The van der Waals surface area contributed by atoms with E-state index in [4.69, 9.17) is 5.11 Å². The number of carbonyl (C=O) groups excluding carboxylic acids is 1. The Morgan fingerprint density at radius 2 is 2.00 bits per heavy atom. The molecular weight excluding hydrogens is 270 g/mol. The summed E-state index contributed by atoms with van der Waals surface area (Å²) in [4.78, 5) is 33.8. The minimum absolute atomic E-state index is 0.0486. The molecule has 0 bridgehead atoms. The number of carbonyl (C=O) groups is 2. The van der Waals surface area contributed by atoms with E-state index in [0.717, 1.165) is 0 Å². The van der Waals surface area contributed by atoms with Crippen LogP contribution in [0.1, 0.15) is 17.3 Å². The monoisotopic (exact) mass is 285 g/mol. The molecule has 1 N–H and O–H groups in total. The first kappa shape index (κ1) is 13.5. The number of aliphatic carboxylic acids is 1. The quantitative estimate of drug-likeness (QED) is 0.902. The van der Waals surface area contributed by atoms with Gasteiger partial charge in [-0.05, 0) is 18.1 Å². The second-order valence-electron chi connectivity index (χ2n) is 5.36. The third-order valence-electron chi connectivity index (χ3n) is 3.95. The van der Waals surface area contributed by atoms with Gasteiger partial charge in [0.25, 0.3) is 5.91 Å². The largest absolute Gasteiger partial charge is 0.481 e. The number of likely N-dealkylation sites (tertiary alicyclic amines) is 1. The summed E-state index contributed by atoms with van der Waals surface area (Å²) in [6.07, 6.45) is 3.13. The number of fused-ring (bicyclic) bond motifs is 1. The van der Waals surface area contributed by atoms with E-state index in [1.807, 2.05) is 6.92 Å². The lowest BCUT2D eigenvalue weighted by Crippen LogP contribution is -2.30. The van der Waals surface area contributed by atoms with Gasteiger partial charge in [-0.3, -0.25) is 19.6 Å². The van der Waals surface area contributed by atoms with Crippen LogP contribution in [0.5, 0.6) is 0 Å². The number of carboxylic acid groups (broad SMARTS) is 1.